The highest BCUT2D eigenvalue weighted by Gasteiger charge is 2.24. The topological polar surface area (TPSA) is 127 Å². The second kappa shape index (κ2) is 10.5. The van der Waals surface area contributed by atoms with Crippen LogP contribution < -0.4 is 5.73 Å². The number of likely N-dealkylation sites (tertiary alicyclic amines) is 1. The van der Waals surface area contributed by atoms with E-state index in [1.165, 1.54) is 5.56 Å². The number of nitrogens with zero attached hydrogens (tertiary/aromatic N) is 8. The van der Waals surface area contributed by atoms with Crippen LogP contribution in [0.2, 0.25) is 0 Å². The molecule has 0 atom stereocenters. The predicted molar refractivity (Wildman–Crippen MR) is 158 cm³/mol. The molecule has 5 heterocycles. The predicted octanol–water partition coefficient (Wildman–Crippen LogP) is 4.91. The van der Waals surface area contributed by atoms with Gasteiger partial charge in [-0.1, -0.05) is 60.7 Å². The molecule has 0 aliphatic carbocycles. The molecule has 1 aliphatic heterocycles. The summed E-state index contributed by atoms with van der Waals surface area (Å²) in [7, 11) is 0. The number of nitrogens with two attached hydrogens (primary N) is 1. The van der Waals surface area contributed by atoms with E-state index in [2.05, 4.69) is 66.6 Å². The molecular weight excluding hydrogens is 512 g/mol. The molecule has 3 N–H and O–H groups in total. The van der Waals surface area contributed by atoms with Crippen LogP contribution in [-0.4, -0.2) is 57.7 Å². The van der Waals surface area contributed by atoms with E-state index in [1.807, 2.05) is 43.3 Å². The first-order valence-electron chi connectivity index (χ1n) is 13.9. The van der Waals surface area contributed by atoms with Crippen LogP contribution in [0.1, 0.15) is 35.8 Å². The summed E-state index contributed by atoms with van der Waals surface area (Å²) in [6.07, 6.45) is 3.85. The van der Waals surface area contributed by atoms with Gasteiger partial charge in [-0.25, -0.2) is 9.97 Å². The standard InChI is InChI=1S/C31H30N10/c1-20-26(22-7-3-2-4-8-22)27(34-31-36-30(32)39-41(20)31)23-12-10-21(11-13-23)19-40-17-14-24(15-18-40)28-35-29(38-37-28)25-9-5-6-16-33-25/h2-13,16,24H,14-15,17-19H2,1H3,(H2,32,39)(H,35,37,38). The smallest absolute Gasteiger partial charge is 0.254 e. The number of benzene rings is 2. The molecule has 0 spiro atoms. The molecule has 1 fully saturated rings. The van der Waals surface area contributed by atoms with Crippen LogP contribution in [0, 0.1) is 6.92 Å². The number of nitrogen functional groups attached to an aromatic ring is 1. The summed E-state index contributed by atoms with van der Waals surface area (Å²) >= 11 is 0. The van der Waals surface area contributed by atoms with Crippen LogP contribution >= 0.6 is 0 Å². The number of hydrogen-bond acceptors (Lipinski definition) is 8. The average molecular weight is 543 g/mol. The maximum atomic E-state index is 5.91. The van der Waals surface area contributed by atoms with Crippen molar-refractivity contribution >= 4 is 11.7 Å². The van der Waals surface area contributed by atoms with Crippen molar-refractivity contribution in [2.45, 2.75) is 32.2 Å². The molecule has 1 saturated heterocycles. The lowest BCUT2D eigenvalue weighted by Gasteiger charge is -2.31. The van der Waals surface area contributed by atoms with Gasteiger partial charge in [0.15, 0.2) is 5.82 Å². The Kier molecular flexibility index (Phi) is 6.44. The number of anilines is 1. The Hall–Kier alpha value is -4.96. The molecule has 2 aromatic carbocycles. The van der Waals surface area contributed by atoms with E-state index in [0.717, 1.165) is 72.1 Å². The zero-order valence-electron chi connectivity index (χ0n) is 22.8. The fourth-order valence-electron chi connectivity index (χ4n) is 5.67. The minimum absolute atomic E-state index is 0.216. The molecule has 0 saturated carbocycles. The van der Waals surface area contributed by atoms with E-state index in [-0.39, 0.29) is 5.95 Å². The Morgan fingerprint density at radius 1 is 0.878 bits per heavy atom. The van der Waals surface area contributed by atoms with Crippen LogP contribution in [0.25, 0.3) is 39.7 Å². The van der Waals surface area contributed by atoms with Crippen LogP contribution in [0.15, 0.2) is 79.0 Å². The average Bonchev–Trinajstić information content (AvgIpc) is 3.66. The van der Waals surface area contributed by atoms with E-state index in [1.54, 1.807) is 10.7 Å². The van der Waals surface area contributed by atoms with Crippen molar-refractivity contribution in [2.75, 3.05) is 18.8 Å². The normalized spacial score (nSPS) is 14.6. The number of rotatable bonds is 6. The highest BCUT2D eigenvalue weighted by atomic mass is 15.4. The molecule has 41 heavy (non-hydrogen) atoms. The monoisotopic (exact) mass is 542 g/mol. The minimum atomic E-state index is 0.216. The third-order valence-corrected chi connectivity index (χ3v) is 7.80. The van der Waals surface area contributed by atoms with Gasteiger partial charge in [0.25, 0.3) is 5.78 Å². The molecule has 10 heteroatoms. The summed E-state index contributed by atoms with van der Waals surface area (Å²) in [4.78, 5) is 20.8. The number of hydrogen-bond donors (Lipinski definition) is 2. The fraction of sp³-hybridized carbons (Fsp3) is 0.226. The first-order valence-corrected chi connectivity index (χ1v) is 13.9. The van der Waals surface area contributed by atoms with Gasteiger partial charge in [0.2, 0.25) is 5.95 Å². The summed E-state index contributed by atoms with van der Waals surface area (Å²) in [5.41, 5.74) is 12.9. The van der Waals surface area contributed by atoms with Gasteiger partial charge in [-0.05, 0) is 56.1 Å². The number of pyridine rings is 1. The number of H-pyrrole nitrogens is 1. The SMILES string of the molecule is Cc1c(-c2ccccc2)c(-c2ccc(CN3CCC(c4nc(-c5ccccn5)n[nH]4)CC3)cc2)nc2nc(N)nn12. The molecule has 0 unspecified atom stereocenters. The fourth-order valence-corrected chi connectivity index (χ4v) is 5.67. The number of aromatic nitrogens is 8. The van der Waals surface area contributed by atoms with Crippen molar-refractivity contribution < 1.29 is 0 Å². The summed E-state index contributed by atoms with van der Waals surface area (Å²) in [5.74, 6) is 2.71. The lowest BCUT2D eigenvalue weighted by atomic mass is 9.95. The second-order valence-corrected chi connectivity index (χ2v) is 10.5. The van der Waals surface area contributed by atoms with Crippen LogP contribution in [0.3, 0.4) is 0 Å². The number of piperidine rings is 1. The van der Waals surface area contributed by atoms with Crippen molar-refractivity contribution in [2.24, 2.45) is 0 Å². The van der Waals surface area contributed by atoms with Gasteiger partial charge in [-0.2, -0.15) is 14.6 Å². The highest BCUT2D eigenvalue weighted by Crippen LogP contribution is 2.34. The van der Waals surface area contributed by atoms with Crippen molar-refractivity contribution in [3.63, 3.8) is 0 Å². The summed E-state index contributed by atoms with van der Waals surface area (Å²) < 4.78 is 1.72. The van der Waals surface area contributed by atoms with Gasteiger partial charge >= 0.3 is 0 Å². The molecule has 10 nitrogen and oxygen atoms in total. The molecule has 7 rings (SSSR count). The maximum Gasteiger partial charge on any atom is 0.254 e. The number of fused-ring (bicyclic) bond motifs is 1. The van der Waals surface area contributed by atoms with Crippen molar-refractivity contribution in [3.8, 4) is 33.9 Å². The second-order valence-electron chi connectivity index (χ2n) is 10.5. The summed E-state index contributed by atoms with van der Waals surface area (Å²) in [6.45, 7) is 4.96. The van der Waals surface area contributed by atoms with E-state index in [4.69, 9.17) is 15.7 Å². The minimum Gasteiger partial charge on any atom is -0.366 e. The first kappa shape index (κ1) is 25.0. The Morgan fingerprint density at radius 3 is 2.41 bits per heavy atom. The zero-order chi connectivity index (χ0) is 27.8. The Morgan fingerprint density at radius 2 is 1.66 bits per heavy atom. The summed E-state index contributed by atoms with van der Waals surface area (Å²) in [6, 6.07) is 24.8. The molecule has 0 radical (unpaired) electrons. The van der Waals surface area contributed by atoms with Gasteiger partial charge in [-0.15, -0.1) is 5.10 Å². The zero-order valence-corrected chi connectivity index (χ0v) is 22.8. The van der Waals surface area contributed by atoms with Crippen molar-refractivity contribution in [1.82, 2.24) is 44.6 Å². The molecular formula is C31H30N10. The van der Waals surface area contributed by atoms with Crippen LogP contribution in [0.5, 0.6) is 0 Å². The van der Waals surface area contributed by atoms with Gasteiger partial charge in [0, 0.05) is 29.8 Å². The molecule has 4 aromatic heterocycles. The largest absolute Gasteiger partial charge is 0.366 e. The maximum absolute atomic E-state index is 5.91. The molecule has 204 valence electrons. The summed E-state index contributed by atoms with van der Waals surface area (Å²) in [5, 5.41) is 11.9. The van der Waals surface area contributed by atoms with Crippen LogP contribution in [-0.2, 0) is 6.54 Å². The van der Waals surface area contributed by atoms with E-state index in [0.29, 0.717) is 17.5 Å². The van der Waals surface area contributed by atoms with Crippen molar-refractivity contribution in [1.29, 1.82) is 0 Å². The lowest BCUT2D eigenvalue weighted by molar-refractivity contribution is 0.202. The number of aryl methyl sites for hydroxylation is 1. The van der Waals surface area contributed by atoms with Gasteiger partial charge < -0.3 is 5.73 Å². The first-order chi connectivity index (χ1) is 20.1. The third-order valence-electron chi connectivity index (χ3n) is 7.80. The highest BCUT2D eigenvalue weighted by molar-refractivity contribution is 5.83. The van der Waals surface area contributed by atoms with Gasteiger partial charge in [0.05, 0.1) is 11.4 Å². The molecule has 0 bridgehead atoms. The Bertz CT molecular complexity index is 1780. The Labute approximate surface area is 237 Å². The van der Waals surface area contributed by atoms with E-state index in [9.17, 15) is 0 Å². The molecule has 1 aliphatic rings. The lowest BCUT2D eigenvalue weighted by Crippen LogP contribution is -2.32. The quantitative estimate of drug-likeness (QED) is 0.304. The van der Waals surface area contributed by atoms with Gasteiger partial charge in [-0.3, -0.25) is 15.0 Å². The Balaban J connectivity index is 1.07. The van der Waals surface area contributed by atoms with Crippen LogP contribution in [0.4, 0.5) is 5.95 Å². The van der Waals surface area contributed by atoms with E-state index < -0.39 is 0 Å². The van der Waals surface area contributed by atoms with Gasteiger partial charge in [0.1, 0.15) is 11.5 Å². The third kappa shape index (κ3) is 4.93. The number of nitrogens with one attached hydrogen (secondary N) is 1. The van der Waals surface area contributed by atoms with E-state index >= 15 is 0 Å². The molecule has 0 amide bonds. The van der Waals surface area contributed by atoms with Crippen molar-refractivity contribution in [3.05, 3.63) is 96.1 Å². The number of aromatic amines is 1. The molecule has 6 aromatic rings.